The van der Waals surface area contributed by atoms with Gasteiger partial charge in [-0.15, -0.1) is 0 Å². The van der Waals surface area contributed by atoms with E-state index >= 15 is 0 Å². The Morgan fingerprint density at radius 1 is 0.943 bits per heavy atom. The largest absolute Gasteiger partial charge is 0.333 e. The van der Waals surface area contributed by atoms with Gasteiger partial charge in [0.05, 0.1) is 23.2 Å². The molecule has 0 bridgehead atoms. The summed E-state index contributed by atoms with van der Waals surface area (Å²) in [5.74, 6) is -0.283. The van der Waals surface area contributed by atoms with Crippen LogP contribution in [0.15, 0.2) is 48.9 Å². The number of nitrogens with one attached hydrogen (secondary N) is 1. The summed E-state index contributed by atoms with van der Waals surface area (Å²) in [6.07, 6.45) is 9.66. The van der Waals surface area contributed by atoms with E-state index in [4.69, 9.17) is 10.7 Å². The molecule has 2 aromatic carbocycles. The summed E-state index contributed by atoms with van der Waals surface area (Å²) in [5.41, 5.74) is 14.0. The van der Waals surface area contributed by atoms with Crippen LogP contribution in [0.4, 0.5) is 4.39 Å². The number of pyridine rings is 1. The van der Waals surface area contributed by atoms with Crippen LogP contribution in [0, 0.1) is 19.7 Å². The number of hydrogen-bond acceptors (Lipinski definition) is 4. The van der Waals surface area contributed by atoms with Crippen molar-refractivity contribution in [3.8, 4) is 22.5 Å². The van der Waals surface area contributed by atoms with Crippen molar-refractivity contribution in [2.24, 2.45) is 12.8 Å². The zero-order valence-corrected chi connectivity index (χ0v) is 21.1. The van der Waals surface area contributed by atoms with Crippen LogP contribution in [0.3, 0.4) is 0 Å². The van der Waals surface area contributed by atoms with Crippen LogP contribution >= 0.6 is 0 Å². The predicted octanol–water partition coefficient (Wildman–Crippen LogP) is 6.06. The van der Waals surface area contributed by atoms with Gasteiger partial charge in [-0.25, -0.2) is 9.37 Å². The number of hydrogen-bond donors (Lipinski definition) is 2. The van der Waals surface area contributed by atoms with Crippen LogP contribution in [0.5, 0.6) is 0 Å². The highest BCUT2D eigenvalue weighted by Gasteiger charge is 2.19. The molecule has 35 heavy (non-hydrogen) atoms. The number of aryl methyl sites for hydroxylation is 3. The van der Waals surface area contributed by atoms with Gasteiger partial charge in [-0.1, -0.05) is 31.4 Å². The monoisotopic (exact) mass is 473 g/mol. The van der Waals surface area contributed by atoms with E-state index in [9.17, 15) is 4.39 Å². The molecular weight excluding hydrogens is 437 g/mol. The Bertz CT molecular complexity index is 1270. The molecule has 4 aromatic rings. The summed E-state index contributed by atoms with van der Waals surface area (Å²) in [7, 11) is 2.00. The molecule has 3 N–H and O–H groups in total. The van der Waals surface area contributed by atoms with E-state index in [2.05, 4.69) is 36.3 Å². The maximum absolute atomic E-state index is 13.8. The molecule has 0 aliphatic rings. The lowest BCUT2D eigenvalue weighted by atomic mass is 9.93. The maximum Gasteiger partial charge on any atom is 0.125 e. The van der Waals surface area contributed by atoms with Gasteiger partial charge in [-0.05, 0) is 74.7 Å². The van der Waals surface area contributed by atoms with Crippen LogP contribution in [0.2, 0.25) is 0 Å². The topological polar surface area (TPSA) is 68.8 Å². The Balaban J connectivity index is 1.55. The number of rotatable bonds is 11. The molecule has 184 valence electrons. The molecule has 5 nitrogen and oxygen atoms in total. The van der Waals surface area contributed by atoms with Gasteiger partial charge in [0.2, 0.25) is 0 Å². The molecule has 0 saturated heterocycles. The van der Waals surface area contributed by atoms with Gasteiger partial charge >= 0.3 is 0 Å². The zero-order valence-electron chi connectivity index (χ0n) is 21.1. The Labute approximate surface area is 207 Å². The maximum atomic E-state index is 13.8. The molecule has 0 saturated carbocycles. The highest BCUT2D eigenvalue weighted by Crippen LogP contribution is 2.37. The third-order valence-electron chi connectivity index (χ3n) is 6.61. The second-order valence-electron chi connectivity index (χ2n) is 9.41. The normalized spacial score (nSPS) is 11.5. The summed E-state index contributed by atoms with van der Waals surface area (Å²) in [5, 5.41) is 4.50. The van der Waals surface area contributed by atoms with E-state index < -0.39 is 0 Å². The van der Waals surface area contributed by atoms with Crippen LogP contribution in [0.25, 0.3) is 33.4 Å². The van der Waals surface area contributed by atoms with Crippen molar-refractivity contribution in [2.45, 2.75) is 52.5 Å². The number of nitrogens with two attached hydrogens (primary N) is 1. The molecule has 0 aliphatic heterocycles. The quantitative estimate of drug-likeness (QED) is 0.260. The van der Waals surface area contributed by atoms with E-state index in [1.54, 1.807) is 12.3 Å². The molecule has 0 aliphatic carbocycles. The summed E-state index contributed by atoms with van der Waals surface area (Å²) >= 11 is 0. The molecule has 2 aromatic heterocycles. The number of aromatic nitrogens is 3. The molecule has 6 heteroatoms. The second kappa shape index (κ2) is 11.6. The van der Waals surface area contributed by atoms with E-state index in [1.165, 1.54) is 54.5 Å². The third-order valence-corrected chi connectivity index (χ3v) is 6.61. The minimum absolute atomic E-state index is 0.283. The molecule has 0 atom stereocenters. The molecule has 0 spiro atoms. The van der Waals surface area contributed by atoms with Crippen molar-refractivity contribution in [3.63, 3.8) is 0 Å². The molecule has 0 radical (unpaired) electrons. The molecule has 0 unspecified atom stereocenters. The standard InChI is InChI=1S/C29H36FN5/c1-20-15-22(18-32-13-8-6-4-5-7-12-31)16-21(2)27(20)28-29(35(3)19-34-28)25-11-14-33-26-17-23(30)9-10-24(25)26/h9-11,14-17,19,32H,4-8,12-13,18,31H2,1-3H3. The van der Waals surface area contributed by atoms with Crippen molar-refractivity contribution in [3.05, 3.63) is 71.4 Å². The summed E-state index contributed by atoms with van der Waals surface area (Å²) in [4.78, 5) is 9.17. The number of fused-ring (bicyclic) bond motifs is 1. The van der Waals surface area contributed by atoms with Gasteiger partial charge in [0.15, 0.2) is 0 Å². The lowest BCUT2D eigenvalue weighted by molar-refractivity contribution is 0.577. The molecule has 4 rings (SSSR count). The number of imidazole rings is 1. The second-order valence-corrected chi connectivity index (χ2v) is 9.41. The fraction of sp³-hybridized carbons (Fsp3) is 0.379. The van der Waals surface area contributed by atoms with E-state index in [1.807, 2.05) is 24.0 Å². The summed E-state index contributed by atoms with van der Waals surface area (Å²) in [6.45, 7) is 7.00. The van der Waals surface area contributed by atoms with Gasteiger partial charge in [-0.2, -0.15) is 0 Å². The Hall–Kier alpha value is -3.09. The molecule has 0 amide bonds. The van der Waals surface area contributed by atoms with Gasteiger partial charge in [0.1, 0.15) is 5.82 Å². The Morgan fingerprint density at radius 3 is 2.46 bits per heavy atom. The first-order valence-electron chi connectivity index (χ1n) is 12.6. The smallest absolute Gasteiger partial charge is 0.125 e. The van der Waals surface area contributed by atoms with Crippen molar-refractivity contribution in [1.29, 1.82) is 0 Å². The minimum atomic E-state index is -0.283. The lowest BCUT2D eigenvalue weighted by Gasteiger charge is -2.15. The zero-order chi connectivity index (χ0) is 24.8. The van der Waals surface area contributed by atoms with E-state index in [0.29, 0.717) is 5.52 Å². The molecular formula is C29H36FN5. The van der Waals surface area contributed by atoms with Gasteiger partial charge < -0.3 is 15.6 Å². The van der Waals surface area contributed by atoms with E-state index in [0.717, 1.165) is 54.0 Å². The summed E-state index contributed by atoms with van der Waals surface area (Å²) < 4.78 is 15.8. The Morgan fingerprint density at radius 2 is 1.69 bits per heavy atom. The number of nitrogens with zero attached hydrogens (tertiary/aromatic N) is 3. The highest BCUT2D eigenvalue weighted by atomic mass is 19.1. The van der Waals surface area contributed by atoms with Crippen molar-refractivity contribution >= 4 is 10.9 Å². The van der Waals surface area contributed by atoms with Crippen LogP contribution in [-0.2, 0) is 13.6 Å². The SMILES string of the molecule is Cc1cc(CNCCCCCCCN)cc(C)c1-c1ncn(C)c1-c1ccnc2cc(F)ccc12. The van der Waals surface area contributed by atoms with Crippen LogP contribution < -0.4 is 11.1 Å². The van der Waals surface area contributed by atoms with Crippen LogP contribution in [-0.4, -0.2) is 27.6 Å². The lowest BCUT2D eigenvalue weighted by Crippen LogP contribution is -2.15. The van der Waals surface area contributed by atoms with Gasteiger partial charge in [0, 0.05) is 42.4 Å². The number of benzene rings is 2. The van der Waals surface area contributed by atoms with Crippen molar-refractivity contribution in [2.75, 3.05) is 13.1 Å². The predicted molar refractivity (Wildman–Crippen MR) is 143 cm³/mol. The average Bonchev–Trinajstić information content (AvgIpc) is 3.20. The Kier molecular flexibility index (Phi) is 8.26. The molecule has 2 heterocycles. The third kappa shape index (κ3) is 5.77. The molecule has 0 fully saturated rings. The first kappa shape index (κ1) is 25.0. The van der Waals surface area contributed by atoms with E-state index in [-0.39, 0.29) is 5.82 Å². The average molecular weight is 474 g/mol. The highest BCUT2D eigenvalue weighted by molar-refractivity contribution is 5.97. The summed E-state index contributed by atoms with van der Waals surface area (Å²) in [6, 6.07) is 11.3. The van der Waals surface area contributed by atoms with Crippen molar-refractivity contribution in [1.82, 2.24) is 19.9 Å². The van der Waals surface area contributed by atoms with Gasteiger partial charge in [-0.3, -0.25) is 4.98 Å². The van der Waals surface area contributed by atoms with Gasteiger partial charge in [0.25, 0.3) is 0 Å². The van der Waals surface area contributed by atoms with Crippen LogP contribution in [0.1, 0.15) is 48.8 Å². The fourth-order valence-electron chi connectivity index (χ4n) is 4.94. The number of unbranched alkanes of at least 4 members (excludes halogenated alkanes) is 4. The number of halogens is 1. The first-order chi connectivity index (χ1) is 17.0. The first-order valence-corrected chi connectivity index (χ1v) is 12.6. The minimum Gasteiger partial charge on any atom is -0.333 e. The van der Waals surface area contributed by atoms with Crippen molar-refractivity contribution < 1.29 is 4.39 Å². The fourth-order valence-corrected chi connectivity index (χ4v) is 4.94.